The number of hydrogen-bond donors (Lipinski definition) is 2. The van der Waals surface area contributed by atoms with E-state index in [0.29, 0.717) is 37.6 Å². The maximum Gasteiger partial charge on any atom is 0.407 e. The highest BCUT2D eigenvalue weighted by Gasteiger charge is 2.22. The monoisotopic (exact) mass is 472 g/mol. The highest BCUT2D eigenvalue weighted by Crippen LogP contribution is 2.20. The number of nitrogens with one attached hydrogen (secondary N) is 1. The predicted octanol–water partition coefficient (Wildman–Crippen LogP) is 1.88. The minimum atomic E-state index is -3.00. The molecular weight excluding hydrogens is 444 g/mol. The van der Waals surface area contributed by atoms with E-state index in [0.717, 1.165) is 41.7 Å². The molecule has 1 saturated heterocycles. The normalized spacial score (nSPS) is 15.2. The van der Waals surface area contributed by atoms with Crippen molar-refractivity contribution in [3.05, 3.63) is 48.0 Å². The predicted molar refractivity (Wildman–Crippen MR) is 124 cm³/mol. The van der Waals surface area contributed by atoms with Crippen LogP contribution in [0.25, 0.3) is 16.7 Å². The van der Waals surface area contributed by atoms with Crippen LogP contribution in [0.4, 0.5) is 4.79 Å². The summed E-state index contributed by atoms with van der Waals surface area (Å²) in [5.41, 5.74) is 3.37. The summed E-state index contributed by atoms with van der Waals surface area (Å²) in [6, 6.07) is 7.64. The average molecular weight is 473 g/mol. The van der Waals surface area contributed by atoms with Gasteiger partial charge in [0.15, 0.2) is 5.65 Å². The van der Waals surface area contributed by atoms with Crippen LogP contribution in [0, 0.1) is 5.92 Å². The lowest BCUT2D eigenvalue weighted by molar-refractivity contribution is 0.124. The molecule has 1 aliphatic rings. The Morgan fingerprint density at radius 2 is 1.91 bits per heavy atom. The van der Waals surface area contributed by atoms with Gasteiger partial charge in [0, 0.05) is 25.9 Å². The Balaban J connectivity index is 1.39. The van der Waals surface area contributed by atoms with Gasteiger partial charge in [0.2, 0.25) is 0 Å². The molecule has 0 unspecified atom stereocenters. The minimum Gasteiger partial charge on any atom is -0.465 e. The van der Waals surface area contributed by atoms with E-state index in [9.17, 15) is 13.2 Å². The molecular formula is C22H28N6O4S. The van der Waals surface area contributed by atoms with Gasteiger partial charge in [-0.3, -0.25) is 0 Å². The van der Waals surface area contributed by atoms with Crippen LogP contribution in [0.5, 0.6) is 0 Å². The van der Waals surface area contributed by atoms with Crippen molar-refractivity contribution >= 4 is 27.0 Å². The van der Waals surface area contributed by atoms with Gasteiger partial charge in [-0.1, -0.05) is 12.1 Å². The number of likely N-dealkylation sites (tertiary alicyclic amines) is 1. The average Bonchev–Trinajstić information content (AvgIpc) is 3.23. The lowest BCUT2D eigenvalue weighted by atomic mass is 9.97. The molecule has 10 nitrogen and oxygen atoms in total. The topological polar surface area (TPSA) is 130 Å². The lowest BCUT2D eigenvalue weighted by Gasteiger charge is -2.30. The molecule has 33 heavy (non-hydrogen) atoms. The molecule has 176 valence electrons. The molecule has 0 atom stereocenters. The fourth-order valence-corrected chi connectivity index (χ4v) is 4.66. The van der Waals surface area contributed by atoms with Crippen LogP contribution in [0.3, 0.4) is 0 Å². The molecule has 3 aromatic rings. The first-order valence-electron chi connectivity index (χ1n) is 10.9. The van der Waals surface area contributed by atoms with Crippen molar-refractivity contribution in [1.82, 2.24) is 30.0 Å². The third kappa shape index (κ3) is 5.85. The van der Waals surface area contributed by atoms with Crippen LogP contribution in [0.15, 0.2) is 36.8 Å². The fraction of sp³-hybridized carbons (Fsp3) is 0.455. The second kappa shape index (κ2) is 9.84. The summed E-state index contributed by atoms with van der Waals surface area (Å²) in [5.74, 6) is 0.570. The Hall–Kier alpha value is -3.05. The number of rotatable bonds is 8. The number of hydrogen-bond acceptors (Lipinski definition) is 7. The summed E-state index contributed by atoms with van der Waals surface area (Å²) in [6.45, 7) is 2.55. The van der Waals surface area contributed by atoms with Gasteiger partial charge in [0.1, 0.15) is 16.2 Å². The van der Waals surface area contributed by atoms with Gasteiger partial charge in [-0.25, -0.2) is 27.9 Å². The summed E-state index contributed by atoms with van der Waals surface area (Å²) in [6.07, 6.45) is 5.88. The van der Waals surface area contributed by atoms with E-state index >= 15 is 0 Å². The van der Waals surface area contributed by atoms with Crippen LogP contribution in [0.1, 0.15) is 24.1 Å². The molecule has 11 heteroatoms. The molecule has 1 amide bonds. The zero-order valence-electron chi connectivity index (χ0n) is 18.5. The summed E-state index contributed by atoms with van der Waals surface area (Å²) in [5, 5.41) is 17.9. The van der Waals surface area contributed by atoms with E-state index in [1.54, 1.807) is 10.9 Å². The largest absolute Gasteiger partial charge is 0.465 e. The van der Waals surface area contributed by atoms with Crippen LogP contribution < -0.4 is 5.32 Å². The number of carbonyl (C=O) groups is 1. The van der Waals surface area contributed by atoms with Crippen LogP contribution in [-0.2, 0) is 22.8 Å². The van der Waals surface area contributed by atoms with Crippen molar-refractivity contribution in [1.29, 1.82) is 0 Å². The number of fused-ring (bicyclic) bond motifs is 1. The first-order chi connectivity index (χ1) is 15.8. The summed E-state index contributed by atoms with van der Waals surface area (Å²) in [7, 11) is -3.00. The Labute approximate surface area is 192 Å². The SMILES string of the molecule is CS(=O)(=O)CCc1ccc(-n2ncc3c(CNCC4CCN(C(=O)O)CC4)ncnc32)cc1. The molecule has 2 aromatic heterocycles. The van der Waals surface area contributed by atoms with Crippen molar-refractivity contribution < 1.29 is 18.3 Å². The molecule has 4 rings (SSSR count). The van der Waals surface area contributed by atoms with Gasteiger partial charge in [0.05, 0.1) is 28.7 Å². The number of benzene rings is 1. The van der Waals surface area contributed by atoms with Crippen molar-refractivity contribution in [2.45, 2.75) is 25.8 Å². The van der Waals surface area contributed by atoms with Crippen molar-refractivity contribution in [3.8, 4) is 5.69 Å². The first-order valence-corrected chi connectivity index (χ1v) is 13.0. The number of piperidine rings is 1. The highest BCUT2D eigenvalue weighted by atomic mass is 32.2. The van der Waals surface area contributed by atoms with E-state index in [4.69, 9.17) is 5.11 Å². The zero-order valence-corrected chi connectivity index (χ0v) is 19.3. The fourth-order valence-electron chi connectivity index (χ4n) is 4.05. The highest BCUT2D eigenvalue weighted by molar-refractivity contribution is 7.90. The van der Waals surface area contributed by atoms with Crippen molar-refractivity contribution in [3.63, 3.8) is 0 Å². The first kappa shape index (κ1) is 23.1. The quantitative estimate of drug-likeness (QED) is 0.508. The van der Waals surface area contributed by atoms with Gasteiger partial charge in [-0.2, -0.15) is 5.10 Å². The Morgan fingerprint density at radius 1 is 1.18 bits per heavy atom. The minimum absolute atomic E-state index is 0.124. The number of carboxylic acid groups (broad SMARTS) is 1. The lowest BCUT2D eigenvalue weighted by Crippen LogP contribution is -2.39. The molecule has 1 aromatic carbocycles. The van der Waals surface area contributed by atoms with E-state index in [2.05, 4.69) is 20.4 Å². The summed E-state index contributed by atoms with van der Waals surface area (Å²) < 4.78 is 24.5. The molecule has 3 heterocycles. The van der Waals surface area contributed by atoms with Gasteiger partial charge in [0.25, 0.3) is 0 Å². The van der Waals surface area contributed by atoms with Gasteiger partial charge < -0.3 is 15.3 Å². The standard InChI is InChI=1S/C22H28N6O4S/c1-33(31,32)11-8-16-2-4-18(5-3-16)28-21-19(13-26-28)20(24-15-25-21)14-23-12-17-6-9-27(10-7-17)22(29)30/h2-5,13,15,17,23H,6-12,14H2,1H3,(H,29,30). The summed E-state index contributed by atoms with van der Waals surface area (Å²) in [4.78, 5) is 21.3. The van der Waals surface area contributed by atoms with Gasteiger partial charge in [-0.05, 0) is 49.4 Å². The second-order valence-corrected chi connectivity index (χ2v) is 10.8. The third-order valence-corrected chi connectivity index (χ3v) is 6.95. The Morgan fingerprint density at radius 3 is 2.58 bits per heavy atom. The maximum absolute atomic E-state index is 11.4. The molecule has 0 saturated carbocycles. The van der Waals surface area contributed by atoms with Gasteiger partial charge in [-0.15, -0.1) is 0 Å². The van der Waals surface area contributed by atoms with E-state index < -0.39 is 15.9 Å². The zero-order chi connectivity index (χ0) is 23.4. The second-order valence-electron chi connectivity index (χ2n) is 8.50. The smallest absolute Gasteiger partial charge is 0.407 e. The number of nitrogens with zero attached hydrogens (tertiary/aromatic N) is 5. The number of aromatic nitrogens is 4. The molecule has 0 spiro atoms. The van der Waals surface area contributed by atoms with Crippen LogP contribution in [-0.4, -0.2) is 75.9 Å². The third-order valence-electron chi connectivity index (χ3n) is 6.00. The molecule has 2 N–H and O–H groups in total. The molecule has 0 radical (unpaired) electrons. The van der Waals surface area contributed by atoms with Crippen molar-refractivity contribution in [2.24, 2.45) is 5.92 Å². The Bertz CT molecular complexity index is 1220. The number of aryl methyl sites for hydroxylation is 1. The number of sulfone groups is 1. The molecule has 0 aliphatic carbocycles. The molecule has 1 aliphatic heterocycles. The van der Waals surface area contributed by atoms with Gasteiger partial charge >= 0.3 is 6.09 Å². The molecule has 1 fully saturated rings. The Kier molecular flexibility index (Phi) is 6.89. The number of amides is 1. The van der Waals surface area contributed by atoms with Crippen LogP contribution in [0.2, 0.25) is 0 Å². The summed E-state index contributed by atoms with van der Waals surface area (Å²) >= 11 is 0. The van der Waals surface area contributed by atoms with E-state index in [-0.39, 0.29) is 5.75 Å². The molecule has 0 bridgehead atoms. The van der Waals surface area contributed by atoms with E-state index in [1.165, 1.54) is 17.5 Å². The van der Waals surface area contributed by atoms with E-state index in [1.807, 2.05) is 24.3 Å². The van der Waals surface area contributed by atoms with Crippen LogP contribution >= 0.6 is 0 Å². The van der Waals surface area contributed by atoms with Crippen molar-refractivity contribution in [2.75, 3.05) is 31.6 Å². The maximum atomic E-state index is 11.4.